The molecule has 20 heavy (non-hydrogen) atoms. The minimum absolute atomic E-state index is 0.112. The SMILES string of the molecule is NNC(=Nc1ccccc1)N1CCCC(C(F)(F)F)C1. The number of hydrogen-bond donors (Lipinski definition) is 2. The number of hydrogen-bond acceptors (Lipinski definition) is 2. The highest BCUT2D eigenvalue weighted by Gasteiger charge is 2.42. The lowest BCUT2D eigenvalue weighted by Gasteiger charge is -2.35. The van der Waals surface area contributed by atoms with E-state index in [2.05, 4.69) is 10.4 Å². The van der Waals surface area contributed by atoms with E-state index >= 15 is 0 Å². The molecule has 1 aromatic rings. The molecule has 3 N–H and O–H groups in total. The first-order valence-electron chi connectivity index (χ1n) is 6.42. The van der Waals surface area contributed by atoms with E-state index in [9.17, 15) is 13.2 Å². The number of nitrogens with one attached hydrogen (secondary N) is 1. The first-order valence-corrected chi connectivity index (χ1v) is 6.42. The lowest BCUT2D eigenvalue weighted by atomic mass is 9.98. The fraction of sp³-hybridized carbons (Fsp3) is 0.462. The molecule has 1 aliphatic heterocycles. The molecule has 1 unspecified atom stereocenters. The Morgan fingerprint density at radius 1 is 1.30 bits per heavy atom. The Balaban J connectivity index is 2.13. The highest BCUT2D eigenvalue weighted by Crippen LogP contribution is 2.33. The minimum atomic E-state index is -4.18. The largest absolute Gasteiger partial charge is 0.393 e. The molecule has 0 radical (unpaired) electrons. The van der Waals surface area contributed by atoms with Crippen molar-refractivity contribution in [2.24, 2.45) is 16.8 Å². The van der Waals surface area contributed by atoms with Gasteiger partial charge in [0.05, 0.1) is 11.6 Å². The van der Waals surface area contributed by atoms with E-state index in [1.165, 1.54) is 0 Å². The molecule has 0 saturated carbocycles. The fourth-order valence-corrected chi connectivity index (χ4v) is 2.26. The molecule has 2 rings (SSSR count). The quantitative estimate of drug-likeness (QED) is 0.361. The van der Waals surface area contributed by atoms with Crippen molar-refractivity contribution in [2.45, 2.75) is 19.0 Å². The van der Waals surface area contributed by atoms with Crippen molar-refractivity contribution >= 4 is 11.6 Å². The third-order valence-electron chi connectivity index (χ3n) is 3.30. The lowest BCUT2D eigenvalue weighted by molar-refractivity contribution is -0.183. The van der Waals surface area contributed by atoms with Crippen molar-refractivity contribution in [1.82, 2.24) is 10.3 Å². The van der Waals surface area contributed by atoms with E-state index in [1.54, 1.807) is 17.0 Å². The van der Waals surface area contributed by atoms with Crippen LogP contribution in [0.3, 0.4) is 0 Å². The molecular formula is C13H17F3N4. The summed E-state index contributed by atoms with van der Waals surface area (Å²) in [6.07, 6.45) is -3.55. The maximum absolute atomic E-state index is 12.8. The predicted octanol–water partition coefficient (Wildman–Crippen LogP) is 2.41. The van der Waals surface area contributed by atoms with E-state index < -0.39 is 12.1 Å². The molecule has 1 heterocycles. The van der Waals surface area contributed by atoms with Crippen LogP contribution in [0.1, 0.15) is 12.8 Å². The molecule has 1 aliphatic rings. The van der Waals surface area contributed by atoms with Gasteiger partial charge in [0.2, 0.25) is 5.96 Å². The summed E-state index contributed by atoms with van der Waals surface area (Å²) >= 11 is 0. The zero-order chi connectivity index (χ0) is 14.6. The Labute approximate surface area is 115 Å². The number of nitrogens with zero attached hydrogens (tertiary/aromatic N) is 2. The third kappa shape index (κ3) is 3.63. The number of guanidine groups is 1. The van der Waals surface area contributed by atoms with Gasteiger partial charge in [0.15, 0.2) is 0 Å². The Morgan fingerprint density at radius 2 is 2.00 bits per heavy atom. The van der Waals surface area contributed by atoms with Crippen molar-refractivity contribution in [3.63, 3.8) is 0 Å². The van der Waals surface area contributed by atoms with Crippen molar-refractivity contribution in [2.75, 3.05) is 13.1 Å². The van der Waals surface area contributed by atoms with Gasteiger partial charge in [-0.3, -0.25) is 5.43 Å². The van der Waals surface area contributed by atoms with Crippen LogP contribution in [0.2, 0.25) is 0 Å². The molecule has 110 valence electrons. The van der Waals surface area contributed by atoms with Crippen LogP contribution in [-0.2, 0) is 0 Å². The smallest absolute Gasteiger partial charge is 0.341 e. The number of hydrazine groups is 1. The average Bonchev–Trinajstić information content (AvgIpc) is 2.45. The van der Waals surface area contributed by atoms with Gasteiger partial charge in [-0.05, 0) is 25.0 Å². The number of piperidine rings is 1. The van der Waals surface area contributed by atoms with E-state index in [1.807, 2.05) is 18.2 Å². The summed E-state index contributed by atoms with van der Waals surface area (Å²) in [5, 5.41) is 0. The van der Waals surface area contributed by atoms with Crippen molar-refractivity contribution < 1.29 is 13.2 Å². The molecular weight excluding hydrogens is 269 g/mol. The first-order chi connectivity index (χ1) is 9.50. The molecule has 1 saturated heterocycles. The van der Waals surface area contributed by atoms with Crippen LogP contribution in [0.5, 0.6) is 0 Å². The highest BCUT2D eigenvalue weighted by molar-refractivity contribution is 5.82. The summed E-state index contributed by atoms with van der Waals surface area (Å²) in [4.78, 5) is 5.81. The van der Waals surface area contributed by atoms with Gasteiger partial charge in [-0.2, -0.15) is 13.2 Å². The fourth-order valence-electron chi connectivity index (χ4n) is 2.26. The van der Waals surface area contributed by atoms with Gasteiger partial charge in [0.25, 0.3) is 0 Å². The van der Waals surface area contributed by atoms with Gasteiger partial charge in [0.1, 0.15) is 0 Å². The predicted molar refractivity (Wildman–Crippen MR) is 71.2 cm³/mol. The first kappa shape index (κ1) is 14.6. The number of likely N-dealkylation sites (tertiary alicyclic amines) is 1. The molecule has 0 aliphatic carbocycles. The van der Waals surface area contributed by atoms with Crippen LogP contribution in [0.15, 0.2) is 35.3 Å². The second-order valence-electron chi connectivity index (χ2n) is 4.74. The zero-order valence-corrected chi connectivity index (χ0v) is 10.9. The summed E-state index contributed by atoms with van der Waals surface area (Å²) < 4.78 is 38.4. The summed E-state index contributed by atoms with van der Waals surface area (Å²) in [6.45, 7) is 0.405. The number of para-hydroxylation sites is 1. The lowest BCUT2D eigenvalue weighted by Crippen LogP contribution is -2.51. The molecule has 0 aromatic heterocycles. The monoisotopic (exact) mass is 286 g/mol. The minimum Gasteiger partial charge on any atom is -0.341 e. The van der Waals surface area contributed by atoms with Gasteiger partial charge in [-0.25, -0.2) is 10.8 Å². The van der Waals surface area contributed by atoms with Gasteiger partial charge in [0, 0.05) is 13.1 Å². The zero-order valence-electron chi connectivity index (χ0n) is 10.9. The summed E-state index contributed by atoms with van der Waals surface area (Å²) in [5.41, 5.74) is 3.05. The summed E-state index contributed by atoms with van der Waals surface area (Å²) in [5.74, 6) is 4.34. The Bertz CT molecular complexity index is 458. The maximum atomic E-state index is 12.8. The summed E-state index contributed by atoms with van der Waals surface area (Å²) in [7, 11) is 0. The average molecular weight is 286 g/mol. The van der Waals surface area contributed by atoms with Crippen LogP contribution in [0.25, 0.3) is 0 Å². The molecule has 0 spiro atoms. The van der Waals surface area contributed by atoms with Crippen LogP contribution in [0.4, 0.5) is 18.9 Å². The third-order valence-corrected chi connectivity index (χ3v) is 3.30. The molecule has 7 heteroatoms. The molecule has 0 amide bonds. The van der Waals surface area contributed by atoms with Crippen LogP contribution in [0, 0.1) is 5.92 Å². The van der Waals surface area contributed by atoms with Crippen LogP contribution in [-0.4, -0.2) is 30.1 Å². The van der Waals surface area contributed by atoms with Crippen LogP contribution >= 0.6 is 0 Å². The summed E-state index contributed by atoms with van der Waals surface area (Å²) in [6, 6.07) is 8.99. The van der Waals surface area contributed by atoms with Gasteiger partial charge >= 0.3 is 6.18 Å². The standard InChI is InChI=1S/C13H17F3N4/c14-13(15,16)10-5-4-8-20(9-10)12(19-17)18-11-6-2-1-3-7-11/h1-3,6-7,10H,4-5,8-9,17H2,(H,18,19). The van der Waals surface area contributed by atoms with Crippen molar-refractivity contribution in [1.29, 1.82) is 0 Å². The van der Waals surface area contributed by atoms with Gasteiger partial charge < -0.3 is 4.90 Å². The van der Waals surface area contributed by atoms with Crippen molar-refractivity contribution in [3.05, 3.63) is 30.3 Å². The van der Waals surface area contributed by atoms with E-state index in [-0.39, 0.29) is 18.9 Å². The van der Waals surface area contributed by atoms with Gasteiger partial charge in [-0.1, -0.05) is 18.2 Å². The topological polar surface area (TPSA) is 53.6 Å². The number of nitrogens with two attached hydrogens (primary N) is 1. The van der Waals surface area contributed by atoms with Crippen LogP contribution < -0.4 is 11.3 Å². The Morgan fingerprint density at radius 3 is 2.60 bits per heavy atom. The van der Waals surface area contributed by atoms with Crippen molar-refractivity contribution in [3.8, 4) is 0 Å². The number of aliphatic imine (C=N–C) groups is 1. The molecule has 1 atom stereocenters. The van der Waals surface area contributed by atoms with Gasteiger partial charge in [-0.15, -0.1) is 0 Å². The normalized spacial score (nSPS) is 20.9. The van der Waals surface area contributed by atoms with E-state index in [0.29, 0.717) is 18.7 Å². The highest BCUT2D eigenvalue weighted by atomic mass is 19.4. The molecule has 1 fully saturated rings. The maximum Gasteiger partial charge on any atom is 0.393 e. The Hall–Kier alpha value is -1.76. The second kappa shape index (κ2) is 6.13. The van der Waals surface area contributed by atoms with E-state index in [4.69, 9.17) is 5.84 Å². The number of alkyl halides is 3. The Kier molecular flexibility index (Phi) is 4.49. The second-order valence-corrected chi connectivity index (χ2v) is 4.74. The molecule has 0 bridgehead atoms. The number of halogens is 3. The number of rotatable bonds is 1. The molecule has 1 aromatic carbocycles. The van der Waals surface area contributed by atoms with E-state index in [0.717, 1.165) is 0 Å². The molecule has 4 nitrogen and oxygen atoms in total. The number of benzene rings is 1.